The standard InChI is InChI=1S/C22H34N2O6S/c1-4-6-17-7-5-9-23(10-8-17)22(25)19-15-18(16-20(28-2)21(19)29-3)31(26,27)24-11-13-30-14-12-24/h15-17H,4-14H2,1-3H3. The van der Waals surface area contributed by atoms with Crippen molar-refractivity contribution in [2.75, 3.05) is 53.6 Å². The summed E-state index contributed by atoms with van der Waals surface area (Å²) in [6.45, 7) is 4.78. The molecule has 2 heterocycles. The number of sulfonamides is 1. The molecule has 2 aliphatic heterocycles. The minimum atomic E-state index is -3.78. The number of nitrogens with zero attached hydrogens (tertiary/aromatic N) is 2. The number of hydrogen-bond donors (Lipinski definition) is 0. The van der Waals surface area contributed by atoms with Crippen molar-refractivity contribution in [3.8, 4) is 11.5 Å². The zero-order valence-corrected chi connectivity index (χ0v) is 19.6. The molecule has 2 fully saturated rings. The molecule has 2 saturated heterocycles. The monoisotopic (exact) mass is 454 g/mol. The second-order valence-corrected chi connectivity index (χ2v) is 10.0. The summed E-state index contributed by atoms with van der Waals surface area (Å²) in [6, 6.07) is 2.86. The molecule has 31 heavy (non-hydrogen) atoms. The topological polar surface area (TPSA) is 85.4 Å². The average Bonchev–Trinajstić information content (AvgIpc) is 3.04. The molecule has 1 amide bonds. The van der Waals surface area contributed by atoms with Crippen LogP contribution in [-0.2, 0) is 14.8 Å². The lowest BCUT2D eigenvalue weighted by molar-refractivity contribution is 0.0729. The molecular formula is C22H34N2O6S. The summed E-state index contributed by atoms with van der Waals surface area (Å²) >= 11 is 0. The van der Waals surface area contributed by atoms with Gasteiger partial charge in [-0.05, 0) is 31.2 Å². The maximum atomic E-state index is 13.5. The van der Waals surface area contributed by atoms with Crippen molar-refractivity contribution in [2.24, 2.45) is 5.92 Å². The van der Waals surface area contributed by atoms with Crippen LogP contribution in [0, 0.1) is 5.92 Å². The van der Waals surface area contributed by atoms with E-state index in [1.165, 1.54) is 37.1 Å². The molecule has 8 nitrogen and oxygen atoms in total. The van der Waals surface area contributed by atoms with Crippen LogP contribution in [0.4, 0.5) is 0 Å². The molecule has 1 aromatic rings. The molecule has 0 saturated carbocycles. The fourth-order valence-electron chi connectivity index (χ4n) is 4.42. The maximum Gasteiger partial charge on any atom is 0.257 e. The Morgan fingerprint density at radius 1 is 1.10 bits per heavy atom. The first-order valence-electron chi connectivity index (χ1n) is 11.1. The Morgan fingerprint density at radius 3 is 2.48 bits per heavy atom. The summed E-state index contributed by atoms with van der Waals surface area (Å²) in [5, 5.41) is 0. The first kappa shape index (κ1) is 23.8. The molecule has 2 aliphatic rings. The van der Waals surface area contributed by atoms with Gasteiger partial charge in [-0.3, -0.25) is 4.79 Å². The molecule has 0 bridgehead atoms. The van der Waals surface area contributed by atoms with Gasteiger partial charge in [-0.1, -0.05) is 19.8 Å². The zero-order chi connectivity index (χ0) is 22.4. The van der Waals surface area contributed by atoms with Gasteiger partial charge >= 0.3 is 0 Å². The largest absolute Gasteiger partial charge is 0.493 e. The lowest BCUT2D eigenvalue weighted by Crippen LogP contribution is -2.40. The van der Waals surface area contributed by atoms with E-state index in [1.807, 2.05) is 4.90 Å². The number of carbonyl (C=O) groups excluding carboxylic acids is 1. The highest BCUT2D eigenvalue weighted by atomic mass is 32.2. The predicted octanol–water partition coefficient (Wildman–Crippen LogP) is 2.77. The third-order valence-corrected chi connectivity index (χ3v) is 8.00. The van der Waals surface area contributed by atoms with Gasteiger partial charge in [-0.15, -0.1) is 0 Å². The summed E-state index contributed by atoms with van der Waals surface area (Å²) in [5.74, 6) is 0.917. The van der Waals surface area contributed by atoms with Crippen molar-refractivity contribution in [1.82, 2.24) is 9.21 Å². The first-order chi connectivity index (χ1) is 14.9. The number of ether oxygens (including phenoxy) is 3. The average molecular weight is 455 g/mol. The van der Waals surface area contributed by atoms with Crippen LogP contribution in [0.5, 0.6) is 11.5 Å². The van der Waals surface area contributed by atoms with Crippen LogP contribution < -0.4 is 9.47 Å². The van der Waals surface area contributed by atoms with E-state index in [4.69, 9.17) is 14.2 Å². The van der Waals surface area contributed by atoms with Gasteiger partial charge in [0.1, 0.15) is 0 Å². The van der Waals surface area contributed by atoms with E-state index in [0.29, 0.717) is 32.2 Å². The Morgan fingerprint density at radius 2 is 1.84 bits per heavy atom. The van der Waals surface area contributed by atoms with Crippen molar-refractivity contribution >= 4 is 15.9 Å². The summed E-state index contributed by atoms with van der Waals surface area (Å²) in [5.41, 5.74) is 0.225. The number of likely N-dealkylation sites (tertiary alicyclic amines) is 1. The Kier molecular flexibility index (Phi) is 8.18. The zero-order valence-electron chi connectivity index (χ0n) is 18.8. The van der Waals surface area contributed by atoms with Crippen molar-refractivity contribution in [3.05, 3.63) is 17.7 Å². The van der Waals surface area contributed by atoms with E-state index >= 15 is 0 Å². The summed E-state index contributed by atoms with van der Waals surface area (Å²) in [4.78, 5) is 15.3. The number of methoxy groups -OCH3 is 2. The van der Waals surface area contributed by atoms with Gasteiger partial charge in [0.2, 0.25) is 10.0 Å². The van der Waals surface area contributed by atoms with Crippen LogP contribution in [-0.4, -0.2) is 77.1 Å². The Balaban J connectivity index is 1.95. The Bertz CT molecular complexity index is 867. The molecule has 0 N–H and O–H groups in total. The quantitative estimate of drug-likeness (QED) is 0.630. The van der Waals surface area contributed by atoms with Gasteiger partial charge in [0.15, 0.2) is 11.5 Å². The van der Waals surface area contributed by atoms with Gasteiger partial charge in [-0.25, -0.2) is 8.42 Å². The second kappa shape index (κ2) is 10.7. The third-order valence-electron chi connectivity index (χ3n) is 6.12. The molecule has 3 rings (SSSR count). The fraction of sp³-hybridized carbons (Fsp3) is 0.682. The molecule has 0 spiro atoms. The summed E-state index contributed by atoms with van der Waals surface area (Å²) in [6.07, 6.45) is 5.34. The van der Waals surface area contributed by atoms with Crippen molar-refractivity contribution < 1.29 is 27.4 Å². The van der Waals surface area contributed by atoms with E-state index in [2.05, 4.69) is 6.92 Å². The van der Waals surface area contributed by atoms with Crippen LogP contribution in [0.15, 0.2) is 17.0 Å². The van der Waals surface area contributed by atoms with Gasteiger partial charge in [0.05, 0.1) is 37.9 Å². The number of morpholine rings is 1. The van der Waals surface area contributed by atoms with Gasteiger partial charge < -0.3 is 19.1 Å². The highest BCUT2D eigenvalue weighted by Gasteiger charge is 2.31. The van der Waals surface area contributed by atoms with Gasteiger partial charge in [-0.2, -0.15) is 4.31 Å². The second-order valence-electron chi connectivity index (χ2n) is 8.10. The van der Waals surface area contributed by atoms with Crippen LogP contribution in [0.3, 0.4) is 0 Å². The van der Waals surface area contributed by atoms with E-state index in [0.717, 1.165) is 25.7 Å². The Labute approximate surface area is 185 Å². The molecule has 0 aromatic heterocycles. The molecule has 1 atom stereocenters. The third kappa shape index (κ3) is 5.32. The first-order valence-corrected chi connectivity index (χ1v) is 12.5. The lowest BCUT2D eigenvalue weighted by atomic mass is 9.96. The van der Waals surface area contributed by atoms with Crippen LogP contribution in [0.25, 0.3) is 0 Å². The molecule has 174 valence electrons. The number of amides is 1. The molecule has 9 heteroatoms. The Hall–Kier alpha value is -1.84. The van der Waals surface area contributed by atoms with Crippen molar-refractivity contribution in [3.63, 3.8) is 0 Å². The molecular weight excluding hydrogens is 420 g/mol. The summed E-state index contributed by atoms with van der Waals surface area (Å²) < 4.78 is 44.0. The van der Waals surface area contributed by atoms with E-state index in [-0.39, 0.29) is 41.0 Å². The smallest absolute Gasteiger partial charge is 0.257 e. The van der Waals surface area contributed by atoms with Gasteiger partial charge in [0, 0.05) is 32.2 Å². The lowest BCUT2D eigenvalue weighted by Gasteiger charge is -2.27. The van der Waals surface area contributed by atoms with Crippen molar-refractivity contribution in [2.45, 2.75) is 43.9 Å². The van der Waals surface area contributed by atoms with Crippen LogP contribution in [0.1, 0.15) is 49.4 Å². The van der Waals surface area contributed by atoms with Crippen LogP contribution in [0.2, 0.25) is 0 Å². The molecule has 0 aliphatic carbocycles. The number of benzene rings is 1. The highest BCUT2D eigenvalue weighted by molar-refractivity contribution is 7.89. The SMILES string of the molecule is CCCC1CCCN(C(=O)c2cc(S(=O)(=O)N3CCOCC3)cc(OC)c2OC)CC1. The highest BCUT2D eigenvalue weighted by Crippen LogP contribution is 2.36. The molecule has 1 unspecified atom stereocenters. The van der Waals surface area contributed by atoms with Crippen LogP contribution >= 0.6 is 0 Å². The minimum Gasteiger partial charge on any atom is -0.493 e. The van der Waals surface area contributed by atoms with E-state index in [1.54, 1.807) is 0 Å². The molecule has 1 aromatic carbocycles. The minimum absolute atomic E-state index is 0.0362. The number of carbonyl (C=O) groups is 1. The fourth-order valence-corrected chi connectivity index (χ4v) is 5.87. The normalized spacial score (nSPS) is 20.9. The molecule has 0 radical (unpaired) electrons. The predicted molar refractivity (Wildman–Crippen MR) is 117 cm³/mol. The van der Waals surface area contributed by atoms with E-state index in [9.17, 15) is 13.2 Å². The van der Waals surface area contributed by atoms with Gasteiger partial charge in [0.25, 0.3) is 5.91 Å². The van der Waals surface area contributed by atoms with E-state index < -0.39 is 10.0 Å². The van der Waals surface area contributed by atoms with Crippen molar-refractivity contribution in [1.29, 1.82) is 0 Å². The maximum absolute atomic E-state index is 13.5. The number of hydrogen-bond acceptors (Lipinski definition) is 6. The summed E-state index contributed by atoms with van der Waals surface area (Å²) in [7, 11) is -0.877. The number of rotatable bonds is 7.